The number of nitrogens with one attached hydrogen (secondary N) is 1. The Morgan fingerprint density at radius 3 is 3.27 bits per heavy atom. The number of rotatable bonds is 1. The Hall–Kier alpha value is -1.68. The molecule has 0 bridgehead atoms. The molecule has 15 heavy (non-hydrogen) atoms. The van der Waals surface area contributed by atoms with Crippen LogP contribution < -0.4 is 5.32 Å². The van der Waals surface area contributed by atoms with Gasteiger partial charge in [-0.25, -0.2) is 9.97 Å². The van der Waals surface area contributed by atoms with E-state index in [4.69, 9.17) is 4.42 Å². The molecule has 0 fully saturated rings. The first-order chi connectivity index (χ1) is 7.45. The molecule has 0 amide bonds. The minimum atomic E-state index is 0.149. The SMILES string of the molecule is c1cc(C2NCCc3occc32)ncn1. The van der Waals surface area contributed by atoms with Crippen LogP contribution in [0.4, 0.5) is 0 Å². The van der Waals surface area contributed by atoms with Gasteiger partial charge < -0.3 is 9.73 Å². The van der Waals surface area contributed by atoms with Crippen LogP contribution in [0, 0.1) is 0 Å². The van der Waals surface area contributed by atoms with Gasteiger partial charge in [0.1, 0.15) is 12.1 Å². The van der Waals surface area contributed by atoms with Gasteiger partial charge in [0.05, 0.1) is 18.0 Å². The first kappa shape index (κ1) is 8.61. The largest absolute Gasteiger partial charge is 0.469 e. The Morgan fingerprint density at radius 2 is 2.40 bits per heavy atom. The second-order valence-electron chi connectivity index (χ2n) is 3.57. The summed E-state index contributed by atoms with van der Waals surface area (Å²) < 4.78 is 5.42. The molecule has 0 spiro atoms. The number of hydrogen-bond acceptors (Lipinski definition) is 4. The molecule has 4 heteroatoms. The summed E-state index contributed by atoms with van der Waals surface area (Å²) in [4.78, 5) is 8.19. The van der Waals surface area contributed by atoms with Crippen LogP contribution in [0.3, 0.4) is 0 Å². The molecule has 1 aliphatic rings. The predicted octanol–water partition coefficient (Wildman–Crippen LogP) is 1.30. The normalized spacial score (nSPS) is 19.9. The number of furan rings is 1. The van der Waals surface area contributed by atoms with Gasteiger partial charge in [-0.3, -0.25) is 0 Å². The molecule has 2 aromatic heterocycles. The lowest BCUT2D eigenvalue weighted by molar-refractivity contribution is 0.453. The van der Waals surface area contributed by atoms with Crippen molar-refractivity contribution in [3.8, 4) is 0 Å². The third kappa shape index (κ3) is 1.43. The first-order valence-electron chi connectivity index (χ1n) is 5.01. The second-order valence-corrected chi connectivity index (χ2v) is 3.57. The topological polar surface area (TPSA) is 51.0 Å². The van der Waals surface area contributed by atoms with Crippen molar-refractivity contribution < 1.29 is 4.42 Å². The molecule has 1 unspecified atom stereocenters. The summed E-state index contributed by atoms with van der Waals surface area (Å²) >= 11 is 0. The molecule has 1 aliphatic heterocycles. The third-order valence-electron chi connectivity index (χ3n) is 2.69. The highest BCUT2D eigenvalue weighted by Gasteiger charge is 2.24. The van der Waals surface area contributed by atoms with Gasteiger partial charge in [0.15, 0.2) is 0 Å². The number of aromatic nitrogens is 2. The zero-order valence-corrected chi connectivity index (χ0v) is 8.18. The average Bonchev–Trinajstić information content (AvgIpc) is 2.78. The van der Waals surface area contributed by atoms with Crippen molar-refractivity contribution >= 4 is 0 Å². The fourth-order valence-corrected chi connectivity index (χ4v) is 1.99. The maximum atomic E-state index is 5.42. The van der Waals surface area contributed by atoms with E-state index in [1.807, 2.05) is 12.1 Å². The maximum absolute atomic E-state index is 5.42. The Kier molecular flexibility index (Phi) is 1.99. The summed E-state index contributed by atoms with van der Waals surface area (Å²) in [7, 11) is 0. The molecule has 3 rings (SSSR count). The van der Waals surface area contributed by atoms with E-state index in [-0.39, 0.29) is 6.04 Å². The van der Waals surface area contributed by atoms with E-state index in [0.29, 0.717) is 0 Å². The lowest BCUT2D eigenvalue weighted by atomic mass is 9.99. The van der Waals surface area contributed by atoms with Gasteiger partial charge in [-0.15, -0.1) is 0 Å². The Labute approximate surface area is 87.4 Å². The minimum absolute atomic E-state index is 0.149. The van der Waals surface area contributed by atoms with Crippen LogP contribution in [0.15, 0.2) is 35.3 Å². The molecular formula is C11H11N3O. The average molecular weight is 201 g/mol. The molecule has 0 aromatic carbocycles. The van der Waals surface area contributed by atoms with Crippen LogP contribution in [-0.2, 0) is 6.42 Å². The van der Waals surface area contributed by atoms with Crippen molar-refractivity contribution in [2.45, 2.75) is 12.5 Å². The maximum Gasteiger partial charge on any atom is 0.115 e. The van der Waals surface area contributed by atoms with Crippen molar-refractivity contribution in [3.63, 3.8) is 0 Å². The molecule has 0 aliphatic carbocycles. The summed E-state index contributed by atoms with van der Waals surface area (Å²) in [6.45, 7) is 0.926. The van der Waals surface area contributed by atoms with Crippen molar-refractivity contribution in [2.24, 2.45) is 0 Å². The number of fused-ring (bicyclic) bond motifs is 1. The van der Waals surface area contributed by atoms with Crippen molar-refractivity contribution in [3.05, 3.63) is 47.9 Å². The summed E-state index contributed by atoms with van der Waals surface area (Å²) in [5.74, 6) is 1.07. The Balaban J connectivity index is 2.03. The fourth-order valence-electron chi connectivity index (χ4n) is 1.99. The molecule has 1 N–H and O–H groups in total. The molecule has 4 nitrogen and oxygen atoms in total. The van der Waals surface area contributed by atoms with Gasteiger partial charge in [-0.05, 0) is 12.1 Å². The molecular weight excluding hydrogens is 190 g/mol. The van der Waals surface area contributed by atoms with Crippen LogP contribution >= 0.6 is 0 Å². The van der Waals surface area contributed by atoms with E-state index in [0.717, 1.165) is 24.4 Å². The molecule has 2 aromatic rings. The predicted molar refractivity (Wildman–Crippen MR) is 54.3 cm³/mol. The number of nitrogens with zero attached hydrogens (tertiary/aromatic N) is 2. The van der Waals surface area contributed by atoms with Crippen LogP contribution in [0.5, 0.6) is 0 Å². The highest BCUT2D eigenvalue weighted by Crippen LogP contribution is 2.27. The monoisotopic (exact) mass is 201 g/mol. The highest BCUT2D eigenvalue weighted by atomic mass is 16.3. The number of hydrogen-bond donors (Lipinski definition) is 1. The van der Waals surface area contributed by atoms with E-state index >= 15 is 0 Å². The smallest absolute Gasteiger partial charge is 0.115 e. The quantitative estimate of drug-likeness (QED) is 0.755. The summed E-state index contributed by atoms with van der Waals surface area (Å²) in [6, 6.07) is 4.09. The van der Waals surface area contributed by atoms with Gasteiger partial charge in [0.25, 0.3) is 0 Å². The zero-order valence-electron chi connectivity index (χ0n) is 8.18. The molecule has 76 valence electrons. The zero-order chi connectivity index (χ0) is 10.1. The fraction of sp³-hybridized carbons (Fsp3) is 0.273. The van der Waals surface area contributed by atoms with Crippen molar-refractivity contribution in [1.82, 2.24) is 15.3 Å². The van der Waals surface area contributed by atoms with Gasteiger partial charge in [-0.1, -0.05) is 0 Å². The Morgan fingerprint density at radius 1 is 1.40 bits per heavy atom. The van der Waals surface area contributed by atoms with Gasteiger partial charge in [0.2, 0.25) is 0 Å². The summed E-state index contributed by atoms with van der Waals surface area (Å²) in [5.41, 5.74) is 2.19. The molecule has 0 radical (unpaired) electrons. The van der Waals surface area contributed by atoms with Gasteiger partial charge in [-0.2, -0.15) is 0 Å². The van der Waals surface area contributed by atoms with Crippen molar-refractivity contribution in [2.75, 3.05) is 6.54 Å². The standard InChI is InChI=1S/C11H11N3O/c1-4-12-7-14-9(1)11-8-3-6-15-10(8)2-5-13-11/h1,3-4,6-7,11,13H,2,5H2. The second kappa shape index (κ2) is 3.47. The molecule has 1 atom stereocenters. The van der Waals surface area contributed by atoms with Crippen LogP contribution in [0.2, 0.25) is 0 Å². The minimum Gasteiger partial charge on any atom is -0.469 e. The van der Waals surface area contributed by atoms with Gasteiger partial charge in [0, 0.05) is 24.7 Å². The molecule has 0 saturated heterocycles. The van der Waals surface area contributed by atoms with Crippen molar-refractivity contribution in [1.29, 1.82) is 0 Å². The lowest BCUT2D eigenvalue weighted by Crippen LogP contribution is -2.30. The van der Waals surface area contributed by atoms with E-state index in [2.05, 4.69) is 15.3 Å². The van der Waals surface area contributed by atoms with E-state index in [9.17, 15) is 0 Å². The third-order valence-corrected chi connectivity index (χ3v) is 2.69. The van der Waals surface area contributed by atoms with E-state index < -0.39 is 0 Å². The highest BCUT2D eigenvalue weighted by molar-refractivity contribution is 5.31. The van der Waals surface area contributed by atoms with Crippen LogP contribution in [-0.4, -0.2) is 16.5 Å². The summed E-state index contributed by atoms with van der Waals surface area (Å²) in [6.07, 6.45) is 6.03. The summed E-state index contributed by atoms with van der Waals surface area (Å²) in [5, 5.41) is 3.43. The van der Waals surface area contributed by atoms with E-state index in [1.165, 1.54) is 5.56 Å². The van der Waals surface area contributed by atoms with Gasteiger partial charge >= 0.3 is 0 Å². The van der Waals surface area contributed by atoms with Crippen LogP contribution in [0.1, 0.15) is 23.1 Å². The van der Waals surface area contributed by atoms with Crippen LogP contribution in [0.25, 0.3) is 0 Å². The van der Waals surface area contributed by atoms with E-state index in [1.54, 1.807) is 18.8 Å². The molecule has 3 heterocycles. The molecule has 0 saturated carbocycles. The first-order valence-corrected chi connectivity index (χ1v) is 5.01. The Bertz CT molecular complexity index is 452. The lowest BCUT2D eigenvalue weighted by Gasteiger charge is -2.22.